The Morgan fingerprint density at radius 3 is 2.44 bits per heavy atom. The minimum atomic E-state index is -0.370. The first-order valence-corrected chi connectivity index (χ1v) is 11.6. The monoisotopic (exact) mass is 429 g/mol. The van der Waals surface area contributed by atoms with Crippen LogP contribution >= 0.6 is 0 Å². The highest BCUT2D eigenvalue weighted by molar-refractivity contribution is 6.00. The van der Waals surface area contributed by atoms with Crippen molar-refractivity contribution in [1.82, 2.24) is 9.47 Å². The van der Waals surface area contributed by atoms with Crippen molar-refractivity contribution in [3.05, 3.63) is 72.4 Å². The van der Waals surface area contributed by atoms with E-state index in [9.17, 15) is 9.59 Å². The maximum Gasteiger partial charge on any atom is 0.247 e. The van der Waals surface area contributed by atoms with Crippen LogP contribution in [0.1, 0.15) is 56.0 Å². The summed E-state index contributed by atoms with van der Waals surface area (Å²) in [6, 6.07) is 15.6. The van der Waals surface area contributed by atoms with Crippen LogP contribution in [0.5, 0.6) is 0 Å². The lowest BCUT2D eigenvalue weighted by Gasteiger charge is -2.38. The van der Waals surface area contributed by atoms with Gasteiger partial charge in [-0.2, -0.15) is 0 Å². The van der Waals surface area contributed by atoms with Gasteiger partial charge in [-0.3, -0.25) is 14.5 Å². The Balaban J connectivity index is 1.38. The minimum absolute atomic E-state index is 0.0652. The second kappa shape index (κ2) is 7.69. The molecule has 6 rings (SSSR count). The Labute approximate surface area is 187 Å². The molecule has 2 saturated carbocycles. The third-order valence-corrected chi connectivity index (χ3v) is 7.08. The van der Waals surface area contributed by atoms with Crippen molar-refractivity contribution >= 4 is 17.5 Å². The van der Waals surface area contributed by atoms with Crippen LogP contribution in [0.4, 0.5) is 5.69 Å². The second-order valence-corrected chi connectivity index (χ2v) is 9.15. The van der Waals surface area contributed by atoms with Gasteiger partial charge in [-0.25, -0.2) is 0 Å². The molecule has 0 radical (unpaired) electrons. The number of carbonyl (C=O) groups excluding carboxylic acids is 2. The first-order chi connectivity index (χ1) is 15.7. The molecule has 0 N–H and O–H groups in total. The number of rotatable bonds is 5. The number of hydrogen-bond acceptors (Lipinski definition) is 3. The van der Waals surface area contributed by atoms with E-state index in [-0.39, 0.29) is 36.4 Å². The summed E-state index contributed by atoms with van der Waals surface area (Å²) in [5, 5.41) is 0. The Kier molecular flexibility index (Phi) is 4.67. The number of nitrogens with zero attached hydrogens (tertiary/aromatic N) is 3. The van der Waals surface area contributed by atoms with Gasteiger partial charge in [-0.05, 0) is 62.1 Å². The third-order valence-electron chi connectivity index (χ3n) is 7.08. The normalized spacial score (nSPS) is 20.1. The van der Waals surface area contributed by atoms with Gasteiger partial charge < -0.3 is 13.9 Å². The fourth-order valence-electron chi connectivity index (χ4n) is 5.38. The lowest BCUT2D eigenvalue weighted by Crippen LogP contribution is -2.48. The van der Waals surface area contributed by atoms with Crippen LogP contribution in [-0.4, -0.2) is 33.9 Å². The van der Waals surface area contributed by atoms with Crippen molar-refractivity contribution in [1.29, 1.82) is 0 Å². The van der Waals surface area contributed by atoms with Gasteiger partial charge in [0.1, 0.15) is 18.3 Å². The first kappa shape index (κ1) is 19.4. The summed E-state index contributed by atoms with van der Waals surface area (Å²) >= 11 is 0. The maximum absolute atomic E-state index is 13.9. The zero-order chi connectivity index (χ0) is 21.7. The van der Waals surface area contributed by atoms with Gasteiger partial charge in [-0.15, -0.1) is 0 Å². The summed E-state index contributed by atoms with van der Waals surface area (Å²) in [4.78, 5) is 30.9. The molecular weight excluding hydrogens is 402 g/mol. The topological polar surface area (TPSA) is 58.7 Å². The van der Waals surface area contributed by atoms with Gasteiger partial charge in [0.2, 0.25) is 11.8 Å². The molecule has 0 saturated heterocycles. The van der Waals surface area contributed by atoms with E-state index in [0.717, 1.165) is 55.6 Å². The summed E-state index contributed by atoms with van der Waals surface area (Å²) in [5.74, 6) is 0.897. The van der Waals surface area contributed by atoms with Gasteiger partial charge in [0.05, 0.1) is 23.3 Å². The van der Waals surface area contributed by atoms with Crippen LogP contribution in [0.2, 0.25) is 0 Å². The van der Waals surface area contributed by atoms with E-state index in [2.05, 4.69) is 4.57 Å². The van der Waals surface area contributed by atoms with Crippen molar-refractivity contribution < 1.29 is 14.0 Å². The highest BCUT2D eigenvalue weighted by Gasteiger charge is 2.42. The molecule has 2 fully saturated rings. The molecular formula is C26H27N3O3. The fraction of sp³-hybridized carbons (Fsp3) is 0.385. The van der Waals surface area contributed by atoms with Gasteiger partial charge in [0.15, 0.2) is 0 Å². The lowest BCUT2D eigenvalue weighted by atomic mass is 10.0. The fourth-order valence-corrected chi connectivity index (χ4v) is 5.38. The van der Waals surface area contributed by atoms with E-state index in [1.54, 1.807) is 6.26 Å². The number of para-hydroxylation sites is 2. The van der Waals surface area contributed by atoms with Crippen LogP contribution in [0.15, 0.2) is 65.4 Å². The number of fused-ring (bicyclic) bond motifs is 3. The Morgan fingerprint density at radius 1 is 0.938 bits per heavy atom. The third kappa shape index (κ3) is 3.17. The van der Waals surface area contributed by atoms with Crippen LogP contribution in [-0.2, 0) is 9.59 Å². The average molecular weight is 430 g/mol. The maximum atomic E-state index is 13.9. The molecule has 164 valence electrons. The van der Waals surface area contributed by atoms with Crippen molar-refractivity contribution in [2.75, 3.05) is 11.4 Å². The molecule has 2 aliphatic carbocycles. The van der Waals surface area contributed by atoms with Gasteiger partial charge >= 0.3 is 0 Å². The molecule has 3 heterocycles. The summed E-state index contributed by atoms with van der Waals surface area (Å²) in [5.41, 5.74) is 2.78. The van der Waals surface area contributed by atoms with Crippen LogP contribution in [0.25, 0.3) is 5.69 Å². The van der Waals surface area contributed by atoms with Gasteiger partial charge in [0, 0.05) is 18.2 Å². The van der Waals surface area contributed by atoms with Gasteiger partial charge in [0.25, 0.3) is 0 Å². The molecule has 3 aliphatic rings. The number of aromatic nitrogens is 1. The Morgan fingerprint density at radius 2 is 1.72 bits per heavy atom. The number of furan rings is 1. The number of amides is 2. The molecule has 2 amide bonds. The summed E-state index contributed by atoms with van der Waals surface area (Å²) in [6.45, 7) is 0.117. The summed E-state index contributed by atoms with van der Waals surface area (Å²) < 4.78 is 7.92. The number of anilines is 1. The molecule has 32 heavy (non-hydrogen) atoms. The van der Waals surface area contributed by atoms with E-state index < -0.39 is 0 Å². The van der Waals surface area contributed by atoms with E-state index in [1.165, 1.54) is 0 Å². The highest BCUT2D eigenvalue weighted by atomic mass is 16.3. The molecule has 1 aliphatic heterocycles. The van der Waals surface area contributed by atoms with Crippen molar-refractivity contribution in [2.45, 2.75) is 50.6 Å². The molecule has 6 nitrogen and oxygen atoms in total. The molecule has 3 aromatic rings. The second-order valence-electron chi connectivity index (χ2n) is 9.15. The first-order valence-electron chi connectivity index (χ1n) is 11.6. The van der Waals surface area contributed by atoms with Crippen molar-refractivity contribution in [2.24, 2.45) is 5.92 Å². The van der Waals surface area contributed by atoms with Crippen LogP contribution < -0.4 is 4.90 Å². The molecule has 0 spiro atoms. The van der Waals surface area contributed by atoms with Crippen LogP contribution in [0, 0.1) is 5.92 Å². The molecule has 1 unspecified atom stereocenters. The summed E-state index contributed by atoms with van der Waals surface area (Å²) in [7, 11) is 0. The highest BCUT2D eigenvalue weighted by Crippen LogP contribution is 2.43. The zero-order valence-electron chi connectivity index (χ0n) is 18.0. The van der Waals surface area contributed by atoms with Crippen LogP contribution in [0.3, 0.4) is 0 Å². The Hall–Kier alpha value is -3.28. The van der Waals surface area contributed by atoms with E-state index in [4.69, 9.17) is 4.42 Å². The summed E-state index contributed by atoms with van der Waals surface area (Å²) in [6.07, 6.45) is 9.77. The molecule has 1 aromatic carbocycles. The minimum Gasteiger partial charge on any atom is -0.467 e. The number of benzene rings is 1. The van der Waals surface area contributed by atoms with Crippen molar-refractivity contribution in [3.63, 3.8) is 0 Å². The smallest absolute Gasteiger partial charge is 0.247 e. The molecule has 1 atom stereocenters. The van der Waals surface area contributed by atoms with E-state index >= 15 is 0 Å². The lowest BCUT2D eigenvalue weighted by molar-refractivity contribution is -0.139. The predicted octanol–water partition coefficient (Wildman–Crippen LogP) is 4.69. The van der Waals surface area contributed by atoms with Crippen molar-refractivity contribution in [3.8, 4) is 5.69 Å². The number of hydrogen-bond donors (Lipinski definition) is 0. The molecule has 2 aromatic heterocycles. The van der Waals surface area contributed by atoms with Gasteiger partial charge in [-0.1, -0.05) is 25.0 Å². The molecule has 0 bridgehead atoms. The standard InChI is InChI=1S/C26H27N3O3/c30-24(17-28(19-13-14-19)26(31)18-7-1-2-8-18)29-21-10-4-3-9-20(21)27-15-5-11-22(27)25(29)23-12-6-16-32-23/h3-6,9-12,15-16,18-19,25H,1-2,7-8,13-14,17H2. The predicted molar refractivity (Wildman–Crippen MR) is 120 cm³/mol. The average Bonchev–Trinajstić information content (AvgIpc) is 3.26. The quantitative estimate of drug-likeness (QED) is 0.591. The van der Waals surface area contributed by atoms with E-state index in [1.807, 2.05) is 64.5 Å². The van der Waals surface area contributed by atoms with E-state index in [0.29, 0.717) is 5.76 Å². The molecule has 6 heteroatoms. The SMILES string of the molecule is O=C(C1CCCC1)N(CC(=O)N1c2ccccc2-n2cccc2C1c1ccco1)C1CC1. The Bertz CT molecular complexity index is 1140. The zero-order valence-corrected chi connectivity index (χ0v) is 18.0. The largest absolute Gasteiger partial charge is 0.467 e. The number of carbonyl (C=O) groups is 2.